The van der Waals surface area contributed by atoms with Crippen LogP contribution in [0.3, 0.4) is 0 Å². The van der Waals surface area contributed by atoms with Crippen molar-refractivity contribution in [3.05, 3.63) is 76.5 Å². The molecule has 0 amide bonds. The van der Waals surface area contributed by atoms with Crippen LogP contribution in [0, 0.1) is 10.1 Å². The van der Waals surface area contributed by atoms with Crippen LogP contribution in [-0.2, 0) is 5.75 Å². The summed E-state index contributed by atoms with van der Waals surface area (Å²) in [5.74, 6) is 0.521. The molecule has 0 fully saturated rings. The lowest BCUT2D eigenvalue weighted by Crippen LogP contribution is -2.43. The van der Waals surface area contributed by atoms with Crippen LogP contribution in [0.4, 0.5) is 5.69 Å². The Morgan fingerprint density at radius 3 is 2.68 bits per heavy atom. The highest BCUT2D eigenvalue weighted by Crippen LogP contribution is 2.29. The van der Waals surface area contributed by atoms with E-state index in [2.05, 4.69) is 5.10 Å². The normalized spacial score (nSPS) is 10.6. The minimum absolute atomic E-state index is 0.0234. The van der Waals surface area contributed by atoms with Crippen molar-refractivity contribution < 1.29 is 10.3 Å². The smallest absolute Gasteiger partial charge is 0.282 e. The number of rotatable bonds is 5. The summed E-state index contributed by atoms with van der Waals surface area (Å²) in [5, 5.41) is 21.5. The number of nitro groups is 1. The van der Waals surface area contributed by atoms with Gasteiger partial charge in [-0.3, -0.25) is 21.3 Å². The zero-order chi connectivity index (χ0) is 17.8. The van der Waals surface area contributed by atoms with Gasteiger partial charge >= 0.3 is 0 Å². The Balaban J connectivity index is 2.07. The van der Waals surface area contributed by atoms with Gasteiger partial charge in [-0.05, 0) is 23.9 Å². The summed E-state index contributed by atoms with van der Waals surface area (Å²) in [6.07, 6.45) is 1.89. The summed E-state index contributed by atoms with van der Waals surface area (Å²) < 4.78 is 1.75. The van der Waals surface area contributed by atoms with E-state index in [-0.39, 0.29) is 10.9 Å². The van der Waals surface area contributed by atoms with Gasteiger partial charge < -0.3 is 0 Å². The number of amidine groups is 1. The number of benzene rings is 2. The van der Waals surface area contributed by atoms with Crippen LogP contribution in [-0.4, -0.2) is 19.9 Å². The summed E-state index contributed by atoms with van der Waals surface area (Å²) in [7, 11) is 0. The number of non-ortho nitro benzene ring substituents is 1. The van der Waals surface area contributed by atoms with Crippen LogP contribution in [0.5, 0.6) is 0 Å². The van der Waals surface area contributed by atoms with Crippen molar-refractivity contribution in [3.8, 4) is 16.9 Å². The highest BCUT2D eigenvalue weighted by atomic mass is 32.2. The largest absolute Gasteiger partial charge is 0.300 e. The van der Waals surface area contributed by atoms with Crippen LogP contribution >= 0.6 is 11.8 Å². The first-order valence-electron chi connectivity index (χ1n) is 7.44. The molecule has 0 unspecified atom stereocenters. The second kappa shape index (κ2) is 7.18. The molecule has 4 N–H and O–H groups in total. The van der Waals surface area contributed by atoms with Gasteiger partial charge in [0.1, 0.15) is 0 Å². The lowest BCUT2D eigenvalue weighted by atomic mass is 10.1. The maximum Gasteiger partial charge on any atom is 0.300 e. The van der Waals surface area contributed by atoms with Gasteiger partial charge in [0.2, 0.25) is 0 Å². The second-order valence-corrected chi connectivity index (χ2v) is 6.33. The quantitative estimate of drug-likeness (QED) is 0.314. The van der Waals surface area contributed by atoms with Gasteiger partial charge in [-0.15, -0.1) is 0 Å². The molecule has 3 rings (SSSR count). The molecule has 0 radical (unpaired) electrons. The lowest BCUT2D eigenvalue weighted by molar-refractivity contribution is -0.384. The van der Waals surface area contributed by atoms with Gasteiger partial charge in [0, 0.05) is 35.2 Å². The first kappa shape index (κ1) is 16.7. The van der Waals surface area contributed by atoms with E-state index in [4.69, 9.17) is 11.1 Å². The number of thioether (sulfide) groups is 1. The van der Waals surface area contributed by atoms with E-state index in [9.17, 15) is 10.1 Å². The van der Waals surface area contributed by atoms with Crippen molar-refractivity contribution in [2.75, 3.05) is 0 Å². The lowest BCUT2D eigenvalue weighted by Gasteiger charge is -2.01. The van der Waals surface area contributed by atoms with Crippen LogP contribution in [0.1, 0.15) is 5.56 Å². The number of nitrogens with two attached hydrogens (primary N) is 2. The molecule has 1 aromatic heterocycles. The minimum atomic E-state index is -0.419. The first-order valence-corrected chi connectivity index (χ1v) is 8.42. The number of aromatic nitrogens is 2. The third kappa shape index (κ3) is 3.86. The fourth-order valence-corrected chi connectivity index (χ4v) is 2.93. The number of nitrogens with zero attached hydrogens (tertiary/aromatic N) is 3. The molecule has 8 heteroatoms. The van der Waals surface area contributed by atoms with Crippen LogP contribution in [0.25, 0.3) is 16.9 Å². The van der Waals surface area contributed by atoms with Crippen molar-refractivity contribution in [1.82, 2.24) is 9.78 Å². The molecule has 2 aromatic carbocycles. The zero-order valence-corrected chi connectivity index (χ0v) is 14.0. The third-order valence-electron chi connectivity index (χ3n) is 3.54. The van der Waals surface area contributed by atoms with E-state index in [0.29, 0.717) is 17.0 Å². The maximum atomic E-state index is 11.1. The van der Waals surface area contributed by atoms with E-state index in [1.165, 1.54) is 23.9 Å². The molecule has 0 saturated carbocycles. The van der Waals surface area contributed by atoms with Crippen molar-refractivity contribution in [2.24, 2.45) is 5.73 Å². The fraction of sp³-hybridized carbons (Fsp3) is 0.0588. The Labute approximate surface area is 148 Å². The average Bonchev–Trinajstić information content (AvgIpc) is 3.05. The monoisotopic (exact) mass is 354 g/mol. The highest BCUT2D eigenvalue weighted by Gasteiger charge is 2.16. The molecule has 0 aliphatic rings. The maximum absolute atomic E-state index is 11.1. The van der Waals surface area contributed by atoms with Gasteiger partial charge in [0.05, 0.1) is 16.3 Å². The summed E-state index contributed by atoms with van der Waals surface area (Å²) in [4.78, 5) is 10.6. The van der Waals surface area contributed by atoms with Crippen molar-refractivity contribution in [3.63, 3.8) is 0 Å². The first-order chi connectivity index (χ1) is 12.0. The van der Waals surface area contributed by atoms with Gasteiger partial charge in [-0.1, -0.05) is 30.3 Å². The molecular weight excluding hydrogens is 338 g/mol. The molecule has 1 heterocycles. The number of hydrogen-bond donors (Lipinski definition) is 2. The molecule has 126 valence electrons. The predicted octanol–water partition coefficient (Wildman–Crippen LogP) is 1.75. The topological polar surface area (TPSA) is 113 Å². The van der Waals surface area contributed by atoms with Crippen LogP contribution in [0.2, 0.25) is 0 Å². The van der Waals surface area contributed by atoms with E-state index in [0.717, 1.165) is 11.3 Å². The molecule has 0 aliphatic heterocycles. The zero-order valence-electron chi connectivity index (χ0n) is 13.2. The van der Waals surface area contributed by atoms with Crippen molar-refractivity contribution in [1.29, 1.82) is 0 Å². The Morgan fingerprint density at radius 2 is 2.00 bits per heavy atom. The van der Waals surface area contributed by atoms with E-state index in [1.807, 2.05) is 36.5 Å². The Kier molecular flexibility index (Phi) is 4.80. The predicted molar refractivity (Wildman–Crippen MR) is 98.1 cm³/mol. The molecular formula is C17H16N5O2S+. The standard InChI is InChI=1S/C17H15N5O2S/c18-17(19)25-11-13-10-21(14-6-2-1-3-7-14)20-16(13)12-5-4-8-15(9-12)22(23)24/h1-10H,11H2,(H3,18,19)/p+1. The molecule has 0 aliphatic carbocycles. The van der Waals surface area contributed by atoms with E-state index >= 15 is 0 Å². The molecule has 25 heavy (non-hydrogen) atoms. The van der Waals surface area contributed by atoms with Crippen LogP contribution in [0.15, 0.2) is 60.8 Å². The molecule has 0 atom stereocenters. The molecule has 7 nitrogen and oxygen atoms in total. The molecule has 0 spiro atoms. The Morgan fingerprint density at radius 1 is 1.24 bits per heavy atom. The Hall–Kier alpha value is -3.13. The fourth-order valence-electron chi connectivity index (χ4n) is 2.40. The van der Waals surface area contributed by atoms with E-state index < -0.39 is 4.92 Å². The van der Waals surface area contributed by atoms with Gasteiger partial charge in [0.25, 0.3) is 10.9 Å². The third-order valence-corrected chi connectivity index (χ3v) is 4.32. The summed E-state index contributed by atoms with van der Waals surface area (Å²) in [6.45, 7) is 0. The molecule has 0 bridgehead atoms. The SMILES string of the molecule is NC(=[NH2+])SCc1cn(-c2ccccc2)nc1-c1cccc([N+](=O)[O-])c1. The van der Waals surface area contributed by atoms with Crippen LogP contribution < -0.4 is 11.1 Å². The van der Waals surface area contributed by atoms with Gasteiger partial charge in [-0.25, -0.2) is 4.68 Å². The molecule has 3 aromatic rings. The average molecular weight is 354 g/mol. The highest BCUT2D eigenvalue weighted by molar-refractivity contribution is 8.12. The summed E-state index contributed by atoms with van der Waals surface area (Å²) in [6, 6.07) is 16.1. The number of nitro benzene ring substituents is 1. The van der Waals surface area contributed by atoms with Gasteiger partial charge in [0.15, 0.2) is 0 Å². The number of para-hydroxylation sites is 1. The number of hydrogen-bond acceptors (Lipinski definition) is 4. The van der Waals surface area contributed by atoms with Gasteiger partial charge in [-0.2, -0.15) is 5.10 Å². The van der Waals surface area contributed by atoms with Crippen molar-refractivity contribution >= 4 is 22.6 Å². The Bertz CT molecular complexity index is 924. The molecule has 0 saturated heterocycles. The second-order valence-electron chi connectivity index (χ2n) is 5.28. The van der Waals surface area contributed by atoms with E-state index in [1.54, 1.807) is 16.8 Å². The van der Waals surface area contributed by atoms with Crippen molar-refractivity contribution in [2.45, 2.75) is 5.75 Å². The summed E-state index contributed by atoms with van der Waals surface area (Å²) >= 11 is 1.30. The minimum Gasteiger partial charge on any atom is -0.282 e. The summed E-state index contributed by atoms with van der Waals surface area (Å²) in [5.41, 5.74) is 8.71.